The van der Waals surface area contributed by atoms with Crippen molar-refractivity contribution in [2.45, 2.75) is 19.4 Å². The molecule has 1 aliphatic rings. The molecule has 1 fully saturated rings. The number of benzene rings is 2. The molecule has 0 atom stereocenters. The molecule has 0 bridgehead atoms. The topological polar surface area (TPSA) is 101 Å². The van der Waals surface area contributed by atoms with Crippen LogP contribution in [0.3, 0.4) is 0 Å². The third-order valence-electron chi connectivity index (χ3n) is 4.99. The van der Waals surface area contributed by atoms with Crippen molar-refractivity contribution in [1.82, 2.24) is 30.4 Å². The van der Waals surface area contributed by atoms with Gasteiger partial charge in [-0.15, -0.1) is 10.2 Å². The number of hydrogen-bond donors (Lipinski definition) is 2. The van der Waals surface area contributed by atoms with Crippen molar-refractivity contribution in [2.75, 3.05) is 5.32 Å². The summed E-state index contributed by atoms with van der Waals surface area (Å²) in [6.07, 6.45) is 7.79. The first-order valence-corrected chi connectivity index (χ1v) is 9.54. The Morgan fingerprint density at radius 1 is 1.24 bits per heavy atom. The predicted molar refractivity (Wildman–Crippen MR) is 110 cm³/mol. The lowest BCUT2D eigenvalue weighted by Crippen LogP contribution is -2.09. The van der Waals surface area contributed by atoms with E-state index in [2.05, 4.69) is 41.8 Å². The number of para-hydroxylation sites is 1. The van der Waals surface area contributed by atoms with E-state index >= 15 is 0 Å². The molecule has 144 valence electrons. The fraction of sp³-hybridized carbons (Fsp3) is 0.190. The Labute approximate surface area is 166 Å². The van der Waals surface area contributed by atoms with E-state index in [0.29, 0.717) is 17.1 Å². The number of hydrogen-bond acceptors (Lipinski definition) is 5. The van der Waals surface area contributed by atoms with Crippen molar-refractivity contribution in [2.24, 2.45) is 5.92 Å². The summed E-state index contributed by atoms with van der Waals surface area (Å²) in [5, 5.41) is 22.4. The smallest absolute Gasteiger partial charge is 0.248 e. The highest BCUT2D eigenvalue weighted by atomic mass is 16.1. The van der Waals surface area contributed by atoms with Crippen LogP contribution in [-0.4, -0.2) is 36.3 Å². The van der Waals surface area contributed by atoms with E-state index in [1.807, 2.05) is 36.5 Å². The lowest BCUT2D eigenvalue weighted by atomic mass is 10.1. The van der Waals surface area contributed by atoms with Gasteiger partial charge in [0, 0.05) is 23.6 Å². The highest BCUT2D eigenvalue weighted by Crippen LogP contribution is 2.31. The zero-order valence-corrected chi connectivity index (χ0v) is 15.6. The third kappa shape index (κ3) is 3.77. The Kier molecular flexibility index (Phi) is 4.36. The first-order chi connectivity index (χ1) is 14.3. The molecule has 2 heterocycles. The van der Waals surface area contributed by atoms with Gasteiger partial charge < -0.3 is 5.32 Å². The van der Waals surface area contributed by atoms with Gasteiger partial charge in [-0.1, -0.05) is 18.2 Å². The Bertz CT molecular complexity index is 1190. The molecule has 0 saturated heterocycles. The summed E-state index contributed by atoms with van der Waals surface area (Å²) in [6, 6.07) is 13.4. The Morgan fingerprint density at radius 3 is 2.97 bits per heavy atom. The van der Waals surface area contributed by atoms with Crippen LogP contribution in [0.15, 0.2) is 54.7 Å². The van der Waals surface area contributed by atoms with Gasteiger partial charge in [0.1, 0.15) is 0 Å². The van der Waals surface area contributed by atoms with Crippen LogP contribution in [0, 0.1) is 5.92 Å². The highest BCUT2D eigenvalue weighted by molar-refractivity contribution is 6.04. The standard InChI is InChI=1S/C21H19N7O/c29-20(23-18-4-2-1-3-17(18)21-24-26-27-25-21)10-8-14-7-9-19-16(11-14)12-22-28(19)13-15-5-6-15/h1-4,7-12,15H,5-6,13H2,(H,23,29)(H,24,25,26,27)/b10-8+. The monoisotopic (exact) mass is 385 g/mol. The second kappa shape index (κ2) is 7.31. The molecule has 1 saturated carbocycles. The van der Waals surface area contributed by atoms with E-state index in [1.54, 1.807) is 12.1 Å². The number of nitrogens with zero attached hydrogens (tertiary/aromatic N) is 5. The molecule has 0 radical (unpaired) electrons. The molecule has 8 heteroatoms. The van der Waals surface area contributed by atoms with E-state index in [9.17, 15) is 4.79 Å². The van der Waals surface area contributed by atoms with Gasteiger partial charge in [-0.2, -0.15) is 10.3 Å². The van der Waals surface area contributed by atoms with Crippen molar-refractivity contribution in [3.63, 3.8) is 0 Å². The molecule has 2 N–H and O–H groups in total. The Balaban J connectivity index is 1.31. The molecule has 0 aliphatic heterocycles. The van der Waals surface area contributed by atoms with Gasteiger partial charge in [0.2, 0.25) is 11.7 Å². The summed E-state index contributed by atoms with van der Waals surface area (Å²) in [4.78, 5) is 12.4. The van der Waals surface area contributed by atoms with E-state index in [0.717, 1.165) is 28.9 Å². The molecular formula is C21H19N7O. The number of amides is 1. The van der Waals surface area contributed by atoms with Crippen LogP contribution >= 0.6 is 0 Å². The lowest BCUT2D eigenvalue weighted by Gasteiger charge is -2.06. The second-order valence-corrected chi connectivity index (χ2v) is 7.19. The van der Waals surface area contributed by atoms with Crippen molar-refractivity contribution in [3.8, 4) is 11.4 Å². The summed E-state index contributed by atoms with van der Waals surface area (Å²) in [7, 11) is 0. The number of fused-ring (bicyclic) bond motifs is 1. The van der Waals surface area contributed by atoms with Gasteiger partial charge in [-0.25, -0.2) is 0 Å². The average molecular weight is 385 g/mol. The number of aromatic nitrogens is 6. The molecule has 4 aromatic rings. The van der Waals surface area contributed by atoms with Crippen LogP contribution in [0.1, 0.15) is 18.4 Å². The molecule has 8 nitrogen and oxygen atoms in total. The van der Waals surface area contributed by atoms with Crippen molar-refractivity contribution >= 4 is 28.6 Å². The van der Waals surface area contributed by atoms with Crippen LogP contribution in [0.25, 0.3) is 28.4 Å². The van der Waals surface area contributed by atoms with Gasteiger partial charge in [0.05, 0.1) is 17.4 Å². The van der Waals surface area contributed by atoms with Crippen LogP contribution in [0.4, 0.5) is 5.69 Å². The van der Waals surface area contributed by atoms with Crippen molar-refractivity contribution in [3.05, 3.63) is 60.3 Å². The van der Waals surface area contributed by atoms with E-state index < -0.39 is 0 Å². The molecule has 0 unspecified atom stereocenters. The SMILES string of the molecule is O=C(/C=C/c1ccc2c(cnn2CC2CC2)c1)Nc1ccccc1-c1nn[nH]n1. The zero-order chi connectivity index (χ0) is 19.6. The van der Waals surface area contributed by atoms with Gasteiger partial charge in [0.15, 0.2) is 0 Å². The number of carbonyl (C=O) groups is 1. The molecule has 5 rings (SSSR count). The average Bonchev–Trinajstić information content (AvgIpc) is 3.23. The van der Waals surface area contributed by atoms with Gasteiger partial charge in [-0.05, 0) is 59.9 Å². The van der Waals surface area contributed by atoms with Gasteiger partial charge >= 0.3 is 0 Å². The van der Waals surface area contributed by atoms with Crippen molar-refractivity contribution < 1.29 is 4.79 Å². The number of nitrogens with one attached hydrogen (secondary N) is 2. The minimum Gasteiger partial charge on any atom is -0.322 e. The van der Waals surface area contributed by atoms with Gasteiger partial charge in [0.25, 0.3) is 0 Å². The number of aromatic amines is 1. The summed E-state index contributed by atoms with van der Waals surface area (Å²) in [5.74, 6) is 0.973. The maximum Gasteiger partial charge on any atom is 0.248 e. The summed E-state index contributed by atoms with van der Waals surface area (Å²) in [6.45, 7) is 0.987. The molecule has 2 aromatic heterocycles. The van der Waals surface area contributed by atoms with Gasteiger partial charge in [-0.3, -0.25) is 9.48 Å². The largest absolute Gasteiger partial charge is 0.322 e. The molecule has 2 aromatic carbocycles. The number of carbonyl (C=O) groups excluding carboxylic acids is 1. The van der Waals surface area contributed by atoms with E-state index in [1.165, 1.54) is 18.9 Å². The summed E-state index contributed by atoms with van der Waals surface area (Å²) >= 11 is 0. The third-order valence-corrected chi connectivity index (χ3v) is 4.99. The van der Waals surface area contributed by atoms with Crippen LogP contribution in [-0.2, 0) is 11.3 Å². The maximum atomic E-state index is 12.4. The Morgan fingerprint density at radius 2 is 2.14 bits per heavy atom. The van der Waals surface area contributed by atoms with Crippen LogP contribution in [0.2, 0.25) is 0 Å². The predicted octanol–water partition coefficient (Wildman–Crippen LogP) is 3.28. The first kappa shape index (κ1) is 17.3. The second-order valence-electron chi connectivity index (χ2n) is 7.19. The van der Waals surface area contributed by atoms with Crippen molar-refractivity contribution in [1.29, 1.82) is 0 Å². The number of tetrazole rings is 1. The minimum absolute atomic E-state index is 0.231. The molecule has 1 aliphatic carbocycles. The first-order valence-electron chi connectivity index (χ1n) is 9.54. The Hall–Kier alpha value is -3.81. The minimum atomic E-state index is -0.231. The lowest BCUT2D eigenvalue weighted by molar-refractivity contribution is -0.111. The summed E-state index contributed by atoms with van der Waals surface area (Å²) in [5.41, 5.74) is 3.41. The highest BCUT2D eigenvalue weighted by Gasteiger charge is 2.22. The summed E-state index contributed by atoms with van der Waals surface area (Å²) < 4.78 is 2.07. The fourth-order valence-electron chi connectivity index (χ4n) is 3.31. The van der Waals surface area contributed by atoms with E-state index in [4.69, 9.17) is 0 Å². The molecule has 1 amide bonds. The zero-order valence-electron chi connectivity index (χ0n) is 15.6. The van der Waals surface area contributed by atoms with Crippen LogP contribution in [0.5, 0.6) is 0 Å². The molecule has 0 spiro atoms. The fourth-order valence-corrected chi connectivity index (χ4v) is 3.31. The normalized spacial score (nSPS) is 13.9. The quantitative estimate of drug-likeness (QED) is 0.496. The number of H-pyrrole nitrogens is 1. The molecule has 29 heavy (non-hydrogen) atoms. The number of anilines is 1. The van der Waals surface area contributed by atoms with E-state index in [-0.39, 0.29) is 5.91 Å². The number of rotatable bonds is 6. The maximum absolute atomic E-state index is 12.4. The molecular weight excluding hydrogens is 366 g/mol. The van der Waals surface area contributed by atoms with Crippen LogP contribution < -0.4 is 5.32 Å².